The summed E-state index contributed by atoms with van der Waals surface area (Å²) in [6.45, 7) is 3.63. The van der Waals surface area contributed by atoms with Gasteiger partial charge in [0.2, 0.25) is 11.8 Å². The maximum Gasteiger partial charge on any atom is 0.229 e. The van der Waals surface area contributed by atoms with Crippen molar-refractivity contribution in [2.24, 2.45) is 5.92 Å². The summed E-state index contributed by atoms with van der Waals surface area (Å²) < 4.78 is 6.33. The van der Waals surface area contributed by atoms with Gasteiger partial charge in [0.15, 0.2) is 0 Å². The van der Waals surface area contributed by atoms with Gasteiger partial charge in [0.25, 0.3) is 0 Å². The largest absolute Gasteiger partial charge is 0.378 e. The van der Waals surface area contributed by atoms with Gasteiger partial charge in [0, 0.05) is 47.6 Å². The lowest BCUT2D eigenvalue weighted by atomic mass is 10.1. The van der Waals surface area contributed by atoms with Crippen LogP contribution in [-0.4, -0.2) is 44.7 Å². The number of carbonyl (C=O) groups excluding carboxylic acids is 2. The first-order valence-electron chi connectivity index (χ1n) is 9.40. The molecule has 0 aliphatic carbocycles. The third-order valence-corrected chi connectivity index (χ3v) is 5.67. The minimum absolute atomic E-state index is 0.0230. The fourth-order valence-corrected chi connectivity index (χ4v) is 3.84. The predicted molar refractivity (Wildman–Crippen MR) is 113 cm³/mol. The highest BCUT2D eigenvalue weighted by Gasteiger charge is 2.35. The van der Waals surface area contributed by atoms with E-state index in [2.05, 4.69) is 26.1 Å². The highest BCUT2D eigenvalue weighted by atomic mass is 79.9. The van der Waals surface area contributed by atoms with Crippen LogP contribution in [0, 0.1) is 5.92 Å². The molecule has 0 radical (unpaired) electrons. The van der Waals surface area contributed by atoms with E-state index < -0.39 is 0 Å². The zero-order valence-corrected chi connectivity index (χ0v) is 17.0. The summed E-state index contributed by atoms with van der Waals surface area (Å²) in [5.41, 5.74) is 2.69. The van der Waals surface area contributed by atoms with E-state index in [1.54, 1.807) is 4.90 Å². The molecule has 1 atom stereocenters. The van der Waals surface area contributed by atoms with Gasteiger partial charge in [0.05, 0.1) is 19.1 Å². The van der Waals surface area contributed by atoms with Crippen LogP contribution in [0.4, 0.5) is 17.1 Å². The first kappa shape index (κ1) is 19.0. The molecular weight excluding hydrogens is 422 g/mol. The van der Waals surface area contributed by atoms with Gasteiger partial charge in [-0.2, -0.15) is 0 Å². The van der Waals surface area contributed by atoms with Crippen LogP contribution in [0.25, 0.3) is 0 Å². The molecule has 2 aliphatic heterocycles. The quantitative estimate of drug-likeness (QED) is 0.787. The molecule has 2 aromatic carbocycles. The molecule has 2 fully saturated rings. The zero-order chi connectivity index (χ0) is 19.5. The number of nitrogens with one attached hydrogen (secondary N) is 1. The number of nitrogens with zero attached hydrogens (tertiary/aromatic N) is 2. The van der Waals surface area contributed by atoms with Gasteiger partial charge in [-0.3, -0.25) is 9.59 Å². The molecule has 0 saturated carbocycles. The van der Waals surface area contributed by atoms with Crippen LogP contribution in [0.5, 0.6) is 0 Å². The first-order valence-corrected chi connectivity index (χ1v) is 10.2. The second kappa shape index (κ2) is 8.32. The number of amides is 2. The van der Waals surface area contributed by atoms with Crippen molar-refractivity contribution in [1.29, 1.82) is 0 Å². The van der Waals surface area contributed by atoms with Crippen LogP contribution in [0.15, 0.2) is 53.0 Å². The number of hydrogen-bond acceptors (Lipinski definition) is 4. The monoisotopic (exact) mass is 443 g/mol. The lowest BCUT2D eigenvalue weighted by Gasteiger charge is -2.28. The average molecular weight is 444 g/mol. The Morgan fingerprint density at radius 2 is 1.64 bits per heavy atom. The molecule has 2 aliphatic rings. The van der Waals surface area contributed by atoms with Crippen LogP contribution in [0.1, 0.15) is 6.42 Å². The summed E-state index contributed by atoms with van der Waals surface area (Å²) >= 11 is 3.39. The van der Waals surface area contributed by atoms with Crippen LogP contribution >= 0.6 is 15.9 Å². The predicted octanol–water partition coefficient (Wildman–Crippen LogP) is 3.28. The Bertz CT molecular complexity index is 848. The number of ether oxygens (including phenoxy) is 1. The van der Waals surface area contributed by atoms with E-state index in [0.717, 1.165) is 47.8 Å². The Hall–Kier alpha value is -2.38. The number of hydrogen-bond donors (Lipinski definition) is 1. The van der Waals surface area contributed by atoms with Gasteiger partial charge in [0.1, 0.15) is 0 Å². The number of anilines is 3. The Balaban J connectivity index is 1.37. The maximum atomic E-state index is 12.7. The fourth-order valence-electron chi connectivity index (χ4n) is 3.58. The van der Waals surface area contributed by atoms with Crippen LogP contribution in [0.3, 0.4) is 0 Å². The molecule has 4 rings (SSSR count). The Kier molecular flexibility index (Phi) is 5.64. The van der Waals surface area contributed by atoms with E-state index in [-0.39, 0.29) is 24.2 Å². The summed E-state index contributed by atoms with van der Waals surface area (Å²) in [5, 5.41) is 2.95. The van der Waals surface area contributed by atoms with E-state index in [1.165, 1.54) is 0 Å². The van der Waals surface area contributed by atoms with E-state index >= 15 is 0 Å². The van der Waals surface area contributed by atoms with Crippen molar-refractivity contribution < 1.29 is 14.3 Å². The normalized spacial score (nSPS) is 19.8. The summed E-state index contributed by atoms with van der Waals surface area (Å²) in [7, 11) is 0. The minimum Gasteiger partial charge on any atom is -0.378 e. The highest BCUT2D eigenvalue weighted by molar-refractivity contribution is 9.10. The molecule has 0 spiro atoms. The Morgan fingerprint density at radius 1 is 1.00 bits per heavy atom. The maximum absolute atomic E-state index is 12.7. The van der Waals surface area contributed by atoms with Crippen LogP contribution in [-0.2, 0) is 14.3 Å². The molecule has 0 unspecified atom stereocenters. The molecule has 2 saturated heterocycles. The Morgan fingerprint density at radius 3 is 2.32 bits per heavy atom. The van der Waals surface area contributed by atoms with Crippen molar-refractivity contribution in [3.63, 3.8) is 0 Å². The standard InChI is InChI=1S/C21H22BrN3O3/c22-16-1-5-19(6-2-16)25-14-15(13-20(25)26)21(27)23-17-3-7-18(8-4-17)24-9-11-28-12-10-24/h1-8,15H,9-14H2,(H,23,27)/t15-/m0/s1. The average Bonchev–Trinajstić information content (AvgIpc) is 3.12. The van der Waals surface area contributed by atoms with E-state index in [9.17, 15) is 9.59 Å². The van der Waals surface area contributed by atoms with E-state index in [4.69, 9.17) is 4.74 Å². The van der Waals surface area contributed by atoms with Crippen LogP contribution < -0.4 is 15.1 Å². The van der Waals surface area contributed by atoms with Crippen molar-refractivity contribution in [3.05, 3.63) is 53.0 Å². The van der Waals surface area contributed by atoms with Crippen molar-refractivity contribution in [3.8, 4) is 0 Å². The van der Waals surface area contributed by atoms with Gasteiger partial charge in [-0.1, -0.05) is 15.9 Å². The second-order valence-electron chi connectivity index (χ2n) is 7.02. The molecule has 7 heteroatoms. The molecule has 0 aromatic heterocycles. The summed E-state index contributed by atoms with van der Waals surface area (Å²) in [6, 6.07) is 15.4. The number of halogens is 1. The fraction of sp³-hybridized carbons (Fsp3) is 0.333. The number of morpholine rings is 1. The molecule has 1 N–H and O–H groups in total. The van der Waals surface area contributed by atoms with Crippen molar-refractivity contribution in [2.75, 3.05) is 48.0 Å². The lowest BCUT2D eigenvalue weighted by molar-refractivity contribution is -0.122. The van der Waals surface area contributed by atoms with Gasteiger partial charge < -0.3 is 19.9 Å². The smallest absolute Gasteiger partial charge is 0.229 e. The molecule has 0 bridgehead atoms. The molecule has 2 aromatic rings. The summed E-state index contributed by atoms with van der Waals surface area (Å²) in [6.07, 6.45) is 0.230. The van der Waals surface area contributed by atoms with E-state index in [0.29, 0.717) is 6.54 Å². The van der Waals surface area contributed by atoms with Gasteiger partial charge in [-0.25, -0.2) is 0 Å². The van der Waals surface area contributed by atoms with Crippen molar-refractivity contribution in [2.45, 2.75) is 6.42 Å². The molecule has 2 heterocycles. The van der Waals surface area contributed by atoms with Gasteiger partial charge >= 0.3 is 0 Å². The van der Waals surface area contributed by atoms with Gasteiger partial charge in [-0.05, 0) is 48.5 Å². The van der Waals surface area contributed by atoms with Gasteiger partial charge in [-0.15, -0.1) is 0 Å². The summed E-state index contributed by atoms with van der Waals surface area (Å²) in [5.74, 6) is -0.493. The SMILES string of the molecule is O=C(Nc1ccc(N2CCOCC2)cc1)[C@H]1CC(=O)N(c2ccc(Br)cc2)C1. The summed E-state index contributed by atoms with van der Waals surface area (Å²) in [4.78, 5) is 29.0. The van der Waals surface area contributed by atoms with Crippen molar-refractivity contribution >= 4 is 44.8 Å². The Labute approximate surface area is 172 Å². The third kappa shape index (κ3) is 4.20. The third-order valence-electron chi connectivity index (χ3n) is 5.15. The molecule has 146 valence electrons. The topological polar surface area (TPSA) is 61.9 Å². The number of rotatable bonds is 4. The first-order chi connectivity index (χ1) is 13.6. The number of benzene rings is 2. The molecule has 6 nitrogen and oxygen atoms in total. The number of carbonyl (C=O) groups is 2. The lowest BCUT2D eigenvalue weighted by Crippen LogP contribution is -2.36. The van der Waals surface area contributed by atoms with Crippen LogP contribution in [0.2, 0.25) is 0 Å². The highest BCUT2D eigenvalue weighted by Crippen LogP contribution is 2.27. The molecular formula is C21H22BrN3O3. The molecule has 28 heavy (non-hydrogen) atoms. The second-order valence-corrected chi connectivity index (χ2v) is 7.93. The molecule has 2 amide bonds. The van der Waals surface area contributed by atoms with E-state index in [1.807, 2.05) is 48.5 Å². The minimum atomic E-state index is -0.352. The zero-order valence-electron chi connectivity index (χ0n) is 15.4. The van der Waals surface area contributed by atoms with Crippen molar-refractivity contribution in [1.82, 2.24) is 0 Å².